The summed E-state index contributed by atoms with van der Waals surface area (Å²) in [6.07, 6.45) is 4.31. The zero-order chi connectivity index (χ0) is 17.6. The molecule has 1 saturated heterocycles. The van der Waals surface area contributed by atoms with Gasteiger partial charge in [0.1, 0.15) is 0 Å². The Labute approximate surface area is 150 Å². The zero-order valence-electron chi connectivity index (χ0n) is 14.3. The third-order valence-corrected chi connectivity index (χ3v) is 4.65. The Balaban J connectivity index is 1.55. The van der Waals surface area contributed by atoms with Crippen LogP contribution in [-0.4, -0.2) is 58.7 Å². The van der Waals surface area contributed by atoms with E-state index in [1.807, 2.05) is 12.3 Å². The molecule has 1 atom stereocenters. The molecule has 9 heteroatoms. The number of methoxy groups -OCH3 is 1. The number of hydrogen-bond acceptors (Lipinski definition) is 8. The summed E-state index contributed by atoms with van der Waals surface area (Å²) in [6.45, 7) is 4.65. The molecule has 0 radical (unpaired) electrons. The number of ether oxygens (including phenoxy) is 2. The Morgan fingerprint density at radius 3 is 3.20 bits per heavy atom. The number of carbonyl (C=O) groups is 1. The van der Waals surface area contributed by atoms with Gasteiger partial charge in [0.05, 0.1) is 25.5 Å². The summed E-state index contributed by atoms with van der Waals surface area (Å²) in [5.41, 5.74) is 0.907. The average molecular weight is 363 g/mol. The Kier molecular flexibility index (Phi) is 5.90. The Morgan fingerprint density at radius 1 is 1.52 bits per heavy atom. The Morgan fingerprint density at radius 2 is 2.40 bits per heavy atom. The maximum atomic E-state index is 11.1. The molecule has 0 saturated carbocycles. The lowest BCUT2D eigenvalue weighted by molar-refractivity contribution is -0.114. The van der Waals surface area contributed by atoms with Crippen LogP contribution in [0.5, 0.6) is 6.01 Å². The van der Waals surface area contributed by atoms with Crippen molar-refractivity contribution in [3.63, 3.8) is 0 Å². The van der Waals surface area contributed by atoms with Crippen molar-refractivity contribution >= 4 is 22.4 Å². The van der Waals surface area contributed by atoms with Crippen LogP contribution in [0.2, 0.25) is 0 Å². The number of rotatable bonds is 6. The number of morpholine rings is 1. The molecule has 1 aliphatic rings. The zero-order valence-corrected chi connectivity index (χ0v) is 15.1. The maximum absolute atomic E-state index is 11.1. The van der Waals surface area contributed by atoms with E-state index in [4.69, 9.17) is 9.47 Å². The lowest BCUT2D eigenvalue weighted by Crippen LogP contribution is -2.42. The Hall–Kier alpha value is -2.10. The lowest BCUT2D eigenvalue weighted by Gasteiger charge is -2.32. The quantitative estimate of drug-likeness (QED) is 0.828. The molecule has 25 heavy (non-hydrogen) atoms. The predicted octanol–water partition coefficient (Wildman–Crippen LogP) is 1.34. The van der Waals surface area contributed by atoms with Gasteiger partial charge in [-0.15, -0.1) is 11.3 Å². The van der Waals surface area contributed by atoms with Crippen LogP contribution < -0.4 is 10.1 Å². The molecule has 0 aromatic carbocycles. The minimum absolute atomic E-state index is 0.0797. The van der Waals surface area contributed by atoms with Crippen LogP contribution in [0.25, 0.3) is 0 Å². The van der Waals surface area contributed by atoms with E-state index in [0.717, 1.165) is 36.6 Å². The van der Waals surface area contributed by atoms with Crippen LogP contribution in [0, 0.1) is 0 Å². The molecule has 3 heterocycles. The Bertz CT molecular complexity index is 723. The molecular formula is C16H21N5O3S. The summed E-state index contributed by atoms with van der Waals surface area (Å²) in [5, 5.41) is 3.35. The first-order valence-corrected chi connectivity index (χ1v) is 8.86. The summed E-state index contributed by atoms with van der Waals surface area (Å²) < 4.78 is 10.9. The van der Waals surface area contributed by atoms with Crippen molar-refractivity contribution in [3.8, 4) is 6.01 Å². The van der Waals surface area contributed by atoms with Gasteiger partial charge in [0.25, 0.3) is 0 Å². The number of thiazole rings is 1. The van der Waals surface area contributed by atoms with E-state index in [9.17, 15) is 4.79 Å². The van der Waals surface area contributed by atoms with E-state index in [1.165, 1.54) is 18.3 Å². The van der Waals surface area contributed by atoms with Crippen LogP contribution in [-0.2, 0) is 22.5 Å². The molecular weight excluding hydrogens is 342 g/mol. The highest BCUT2D eigenvalue weighted by atomic mass is 32.1. The van der Waals surface area contributed by atoms with Gasteiger partial charge in [-0.2, -0.15) is 0 Å². The van der Waals surface area contributed by atoms with Gasteiger partial charge in [-0.1, -0.05) is 0 Å². The normalized spacial score (nSPS) is 18.1. The van der Waals surface area contributed by atoms with Crippen LogP contribution in [0.4, 0.5) is 5.13 Å². The van der Waals surface area contributed by atoms with Gasteiger partial charge < -0.3 is 14.8 Å². The number of nitrogens with zero attached hydrogens (tertiary/aromatic N) is 4. The van der Waals surface area contributed by atoms with E-state index >= 15 is 0 Å². The fourth-order valence-corrected chi connectivity index (χ4v) is 3.58. The first kappa shape index (κ1) is 17.7. The number of carbonyl (C=O) groups excluding carboxylic acids is 1. The lowest BCUT2D eigenvalue weighted by atomic mass is 10.1. The van der Waals surface area contributed by atoms with E-state index in [-0.39, 0.29) is 12.0 Å². The molecule has 3 rings (SSSR count). The number of anilines is 1. The molecule has 1 aliphatic heterocycles. The molecule has 0 spiro atoms. The number of aromatic nitrogens is 3. The number of nitrogens with one attached hydrogen (secondary N) is 1. The molecule has 0 bridgehead atoms. The summed E-state index contributed by atoms with van der Waals surface area (Å²) in [7, 11) is 1.56. The average Bonchev–Trinajstić information content (AvgIpc) is 3.01. The van der Waals surface area contributed by atoms with E-state index < -0.39 is 0 Å². The second-order valence-electron chi connectivity index (χ2n) is 5.78. The summed E-state index contributed by atoms with van der Waals surface area (Å²) >= 11 is 1.50. The monoisotopic (exact) mass is 363 g/mol. The fraction of sp³-hybridized carbons (Fsp3) is 0.500. The highest BCUT2D eigenvalue weighted by molar-refractivity contribution is 7.15. The molecule has 2 aromatic rings. The topological polar surface area (TPSA) is 89.5 Å². The summed E-state index contributed by atoms with van der Waals surface area (Å²) in [5.74, 6) is -0.104. The van der Waals surface area contributed by atoms with Crippen LogP contribution in [0.3, 0.4) is 0 Å². The summed E-state index contributed by atoms with van der Waals surface area (Å²) in [4.78, 5) is 27.1. The first-order chi connectivity index (χ1) is 12.1. The second kappa shape index (κ2) is 8.32. The van der Waals surface area contributed by atoms with Gasteiger partial charge in [-0.05, 0) is 6.07 Å². The summed E-state index contributed by atoms with van der Waals surface area (Å²) in [6, 6.07) is 2.26. The van der Waals surface area contributed by atoms with Crippen molar-refractivity contribution < 1.29 is 14.3 Å². The van der Waals surface area contributed by atoms with Gasteiger partial charge in [-0.25, -0.2) is 15.0 Å². The van der Waals surface area contributed by atoms with Gasteiger partial charge in [0, 0.05) is 50.2 Å². The number of amides is 1. The van der Waals surface area contributed by atoms with Gasteiger partial charge >= 0.3 is 6.01 Å². The third kappa shape index (κ3) is 5.18. The van der Waals surface area contributed by atoms with Crippen molar-refractivity contribution in [1.82, 2.24) is 19.9 Å². The van der Waals surface area contributed by atoms with E-state index in [1.54, 1.807) is 13.3 Å². The van der Waals surface area contributed by atoms with E-state index in [0.29, 0.717) is 17.7 Å². The third-order valence-electron chi connectivity index (χ3n) is 3.75. The molecule has 134 valence electrons. The minimum Gasteiger partial charge on any atom is -0.467 e. The van der Waals surface area contributed by atoms with Crippen molar-refractivity contribution in [1.29, 1.82) is 0 Å². The van der Waals surface area contributed by atoms with Crippen molar-refractivity contribution in [2.24, 2.45) is 0 Å². The fourth-order valence-electron chi connectivity index (χ4n) is 2.68. The maximum Gasteiger partial charge on any atom is 0.316 e. The van der Waals surface area contributed by atoms with Crippen molar-refractivity contribution in [2.45, 2.75) is 26.0 Å². The van der Waals surface area contributed by atoms with Gasteiger partial charge in [-0.3, -0.25) is 9.69 Å². The standard InChI is InChI=1S/C16H21N5O3S/c1-11(22)19-16-18-8-14(25-16)10-21-5-6-24-13(9-21)7-12-3-4-17-15(20-12)23-2/h3-4,8,13H,5-7,9-10H2,1-2H3,(H,18,19,22). The van der Waals surface area contributed by atoms with Crippen LogP contribution >= 0.6 is 11.3 Å². The highest BCUT2D eigenvalue weighted by Crippen LogP contribution is 2.21. The highest BCUT2D eigenvalue weighted by Gasteiger charge is 2.22. The van der Waals surface area contributed by atoms with Crippen LogP contribution in [0.15, 0.2) is 18.5 Å². The molecule has 1 unspecified atom stereocenters. The first-order valence-electron chi connectivity index (χ1n) is 8.04. The molecule has 8 nitrogen and oxygen atoms in total. The molecule has 1 fully saturated rings. The van der Waals surface area contributed by atoms with Crippen LogP contribution in [0.1, 0.15) is 17.5 Å². The molecule has 0 aliphatic carbocycles. The minimum atomic E-state index is -0.104. The SMILES string of the molecule is COc1nccc(CC2CN(Cc3cnc(NC(C)=O)s3)CCO2)n1. The molecule has 1 amide bonds. The molecule has 1 N–H and O–H groups in total. The largest absolute Gasteiger partial charge is 0.467 e. The second-order valence-corrected chi connectivity index (χ2v) is 6.89. The van der Waals surface area contributed by atoms with E-state index in [2.05, 4.69) is 25.2 Å². The predicted molar refractivity (Wildman–Crippen MR) is 93.7 cm³/mol. The molecule has 2 aromatic heterocycles. The smallest absolute Gasteiger partial charge is 0.316 e. The van der Waals surface area contributed by atoms with Gasteiger partial charge in [0.2, 0.25) is 5.91 Å². The van der Waals surface area contributed by atoms with Crippen molar-refractivity contribution in [2.75, 3.05) is 32.1 Å². The van der Waals surface area contributed by atoms with Gasteiger partial charge in [0.15, 0.2) is 5.13 Å². The van der Waals surface area contributed by atoms with Crippen molar-refractivity contribution in [3.05, 3.63) is 29.0 Å². The number of hydrogen-bond donors (Lipinski definition) is 1.